The fraction of sp³-hybridized carbons (Fsp3) is 0.263. The van der Waals surface area contributed by atoms with Gasteiger partial charge in [-0.25, -0.2) is 4.39 Å². The van der Waals surface area contributed by atoms with Gasteiger partial charge in [-0.15, -0.1) is 6.58 Å². The molecule has 22 heavy (non-hydrogen) atoms. The standard InChI is InChI=1S/C19H21FN2/c1-2-19(17-10-6-7-11-18(17)20)22-14-12-21(13-15-22)16-8-4-3-5-9-16/h2-11,19H,1,12-15H2/t19-/m0/s1. The average molecular weight is 296 g/mol. The molecule has 0 aromatic heterocycles. The zero-order valence-corrected chi connectivity index (χ0v) is 12.7. The molecule has 0 aliphatic carbocycles. The van der Waals surface area contributed by atoms with Gasteiger partial charge in [0.15, 0.2) is 0 Å². The first-order valence-electron chi connectivity index (χ1n) is 7.70. The Morgan fingerprint density at radius 1 is 0.909 bits per heavy atom. The highest BCUT2D eigenvalue weighted by Crippen LogP contribution is 2.26. The van der Waals surface area contributed by atoms with Crippen LogP contribution in [-0.4, -0.2) is 31.1 Å². The fourth-order valence-electron chi connectivity index (χ4n) is 3.08. The fourth-order valence-corrected chi connectivity index (χ4v) is 3.08. The molecule has 0 unspecified atom stereocenters. The highest BCUT2D eigenvalue weighted by Gasteiger charge is 2.24. The Hall–Kier alpha value is -2.13. The van der Waals surface area contributed by atoms with E-state index in [9.17, 15) is 4.39 Å². The third kappa shape index (κ3) is 3.04. The number of halogens is 1. The van der Waals surface area contributed by atoms with Crippen LogP contribution < -0.4 is 4.90 Å². The summed E-state index contributed by atoms with van der Waals surface area (Å²) >= 11 is 0. The lowest BCUT2D eigenvalue weighted by Gasteiger charge is -2.39. The lowest BCUT2D eigenvalue weighted by Crippen LogP contribution is -2.47. The monoisotopic (exact) mass is 296 g/mol. The normalized spacial score (nSPS) is 17.2. The van der Waals surface area contributed by atoms with Crippen molar-refractivity contribution in [2.75, 3.05) is 31.1 Å². The molecule has 0 amide bonds. The Balaban J connectivity index is 1.70. The molecule has 2 aromatic carbocycles. The first kappa shape index (κ1) is 14.8. The summed E-state index contributed by atoms with van der Waals surface area (Å²) in [4.78, 5) is 4.67. The van der Waals surface area contributed by atoms with E-state index in [4.69, 9.17) is 0 Å². The number of rotatable bonds is 4. The Morgan fingerprint density at radius 3 is 2.18 bits per heavy atom. The van der Waals surface area contributed by atoms with Crippen molar-refractivity contribution in [2.24, 2.45) is 0 Å². The second kappa shape index (κ2) is 6.75. The van der Waals surface area contributed by atoms with E-state index in [1.807, 2.05) is 24.3 Å². The van der Waals surface area contributed by atoms with Crippen LogP contribution in [0.3, 0.4) is 0 Å². The molecule has 1 aliphatic heterocycles. The molecule has 3 rings (SSSR count). The Labute approximate surface area is 131 Å². The summed E-state index contributed by atoms with van der Waals surface area (Å²) in [5, 5.41) is 0. The van der Waals surface area contributed by atoms with Crippen LogP contribution in [0.1, 0.15) is 11.6 Å². The number of piperazine rings is 1. The van der Waals surface area contributed by atoms with Gasteiger partial charge < -0.3 is 4.90 Å². The third-order valence-corrected chi connectivity index (χ3v) is 4.28. The Morgan fingerprint density at radius 2 is 1.55 bits per heavy atom. The molecule has 0 saturated carbocycles. The van der Waals surface area contributed by atoms with Gasteiger partial charge in [-0.05, 0) is 18.2 Å². The van der Waals surface area contributed by atoms with E-state index >= 15 is 0 Å². The number of anilines is 1. The number of benzene rings is 2. The second-order valence-corrected chi connectivity index (χ2v) is 5.56. The van der Waals surface area contributed by atoms with Gasteiger partial charge in [-0.3, -0.25) is 4.90 Å². The van der Waals surface area contributed by atoms with Crippen molar-refractivity contribution in [1.29, 1.82) is 0 Å². The Bertz CT molecular complexity index is 618. The van der Waals surface area contributed by atoms with E-state index < -0.39 is 0 Å². The molecule has 2 nitrogen and oxygen atoms in total. The van der Waals surface area contributed by atoms with Crippen LogP contribution in [0.15, 0.2) is 67.3 Å². The van der Waals surface area contributed by atoms with Crippen LogP contribution in [0, 0.1) is 5.82 Å². The van der Waals surface area contributed by atoms with Gasteiger partial charge >= 0.3 is 0 Å². The van der Waals surface area contributed by atoms with E-state index in [0.717, 1.165) is 26.2 Å². The molecule has 1 heterocycles. The van der Waals surface area contributed by atoms with Gasteiger partial charge in [0.2, 0.25) is 0 Å². The molecular weight excluding hydrogens is 275 g/mol. The van der Waals surface area contributed by atoms with Crippen molar-refractivity contribution in [1.82, 2.24) is 4.90 Å². The van der Waals surface area contributed by atoms with E-state index in [-0.39, 0.29) is 11.9 Å². The summed E-state index contributed by atoms with van der Waals surface area (Å²) in [7, 11) is 0. The molecule has 0 spiro atoms. The molecule has 114 valence electrons. The lowest BCUT2D eigenvalue weighted by atomic mass is 10.0. The second-order valence-electron chi connectivity index (χ2n) is 5.56. The maximum Gasteiger partial charge on any atom is 0.128 e. The zero-order valence-electron chi connectivity index (χ0n) is 12.7. The first-order chi connectivity index (χ1) is 10.8. The zero-order chi connectivity index (χ0) is 15.4. The smallest absolute Gasteiger partial charge is 0.128 e. The minimum absolute atomic E-state index is 0.0564. The highest BCUT2D eigenvalue weighted by molar-refractivity contribution is 5.46. The van der Waals surface area contributed by atoms with E-state index in [2.05, 4.69) is 40.6 Å². The van der Waals surface area contributed by atoms with E-state index in [1.165, 1.54) is 11.8 Å². The average Bonchev–Trinajstić information content (AvgIpc) is 2.59. The molecule has 0 bridgehead atoms. The lowest BCUT2D eigenvalue weighted by molar-refractivity contribution is 0.214. The van der Waals surface area contributed by atoms with Crippen molar-refractivity contribution in [3.05, 3.63) is 78.6 Å². The quantitative estimate of drug-likeness (QED) is 0.790. The van der Waals surface area contributed by atoms with Crippen LogP contribution in [-0.2, 0) is 0 Å². The Kier molecular flexibility index (Phi) is 4.54. The minimum Gasteiger partial charge on any atom is -0.369 e. The van der Waals surface area contributed by atoms with Gasteiger partial charge in [0.1, 0.15) is 5.82 Å². The van der Waals surface area contributed by atoms with Gasteiger partial charge in [0, 0.05) is 37.4 Å². The molecular formula is C19H21FN2. The summed E-state index contributed by atoms with van der Waals surface area (Å²) in [5.41, 5.74) is 1.97. The van der Waals surface area contributed by atoms with Crippen LogP contribution in [0.5, 0.6) is 0 Å². The van der Waals surface area contributed by atoms with Crippen molar-refractivity contribution >= 4 is 5.69 Å². The molecule has 1 saturated heterocycles. The van der Waals surface area contributed by atoms with Crippen molar-refractivity contribution in [3.63, 3.8) is 0 Å². The SMILES string of the molecule is C=C[C@@H](c1ccccc1F)N1CCN(c2ccccc2)CC1. The number of hydrogen-bond acceptors (Lipinski definition) is 2. The molecule has 1 fully saturated rings. The third-order valence-electron chi connectivity index (χ3n) is 4.28. The summed E-state index contributed by atoms with van der Waals surface area (Å²) in [6, 6.07) is 17.4. The van der Waals surface area contributed by atoms with Crippen LogP contribution in [0.4, 0.5) is 10.1 Å². The number of nitrogens with zero attached hydrogens (tertiary/aromatic N) is 2. The van der Waals surface area contributed by atoms with E-state index in [1.54, 1.807) is 6.07 Å². The first-order valence-corrected chi connectivity index (χ1v) is 7.70. The maximum absolute atomic E-state index is 14.0. The highest BCUT2D eigenvalue weighted by atomic mass is 19.1. The predicted molar refractivity (Wildman–Crippen MR) is 89.6 cm³/mol. The van der Waals surface area contributed by atoms with Crippen molar-refractivity contribution in [2.45, 2.75) is 6.04 Å². The van der Waals surface area contributed by atoms with Crippen LogP contribution in [0.25, 0.3) is 0 Å². The topological polar surface area (TPSA) is 6.48 Å². The summed E-state index contributed by atoms with van der Waals surface area (Å²) in [6.45, 7) is 7.61. The van der Waals surface area contributed by atoms with Gasteiger partial charge in [0.25, 0.3) is 0 Å². The predicted octanol–water partition coefficient (Wildman–Crippen LogP) is 3.88. The molecule has 1 aliphatic rings. The van der Waals surface area contributed by atoms with E-state index in [0.29, 0.717) is 5.56 Å². The largest absolute Gasteiger partial charge is 0.369 e. The molecule has 3 heteroatoms. The van der Waals surface area contributed by atoms with Crippen LogP contribution >= 0.6 is 0 Å². The molecule has 1 atom stereocenters. The molecule has 0 N–H and O–H groups in total. The summed E-state index contributed by atoms with van der Waals surface area (Å²) in [5.74, 6) is -0.155. The summed E-state index contributed by atoms with van der Waals surface area (Å²) in [6.07, 6.45) is 1.84. The molecule has 2 aromatic rings. The van der Waals surface area contributed by atoms with Crippen molar-refractivity contribution in [3.8, 4) is 0 Å². The van der Waals surface area contributed by atoms with Crippen molar-refractivity contribution < 1.29 is 4.39 Å². The molecule has 0 radical (unpaired) electrons. The minimum atomic E-state index is -0.155. The van der Waals surface area contributed by atoms with Crippen LogP contribution in [0.2, 0.25) is 0 Å². The van der Waals surface area contributed by atoms with Gasteiger partial charge in [-0.2, -0.15) is 0 Å². The number of para-hydroxylation sites is 1. The maximum atomic E-state index is 14.0. The summed E-state index contributed by atoms with van der Waals surface area (Å²) < 4.78 is 14.0. The van der Waals surface area contributed by atoms with Gasteiger partial charge in [-0.1, -0.05) is 42.5 Å². The number of hydrogen-bond donors (Lipinski definition) is 0. The van der Waals surface area contributed by atoms with Gasteiger partial charge in [0.05, 0.1) is 6.04 Å².